The first-order chi connectivity index (χ1) is 8.47. The van der Waals surface area contributed by atoms with Crippen molar-refractivity contribution in [1.82, 2.24) is 4.90 Å². The fourth-order valence-electron chi connectivity index (χ4n) is 1.68. The molecule has 3 nitrogen and oxygen atoms in total. The number of methoxy groups -OCH3 is 1. The van der Waals surface area contributed by atoms with Crippen LogP contribution in [-0.2, 0) is 11.3 Å². The van der Waals surface area contributed by atoms with E-state index < -0.39 is 0 Å². The molecule has 0 saturated heterocycles. The molecular weight excluding hydrogens is 246 g/mol. The lowest BCUT2D eigenvalue weighted by Crippen LogP contribution is -2.35. The van der Waals surface area contributed by atoms with Crippen molar-refractivity contribution in [2.45, 2.75) is 25.6 Å². The van der Waals surface area contributed by atoms with Gasteiger partial charge in [0.1, 0.15) is 5.75 Å². The smallest absolute Gasteiger partial charge is 0.235 e. The van der Waals surface area contributed by atoms with Gasteiger partial charge in [-0.05, 0) is 12.0 Å². The van der Waals surface area contributed by atoms with Gasteiger partial charge in [-0.1, -0.05) is 32.0 Å². The molecule has 1 aromatic rings. The zero-order valence-electron chi connectivity index (χ0n) is 11.4. The van der Waals surface area contributed by atoms with Crippen LogP contribution in [0.5, 0.6) is 5.75 Å². The highest BCUT2D eigenvalue weighted by Gasteiger charge is 2.21. The van der Waals surface area contributed by atoms with E-state index in [0.717, 1.165) is 11.3 Å². The molecule has 0 saturated carbocycles. The van der Waals surface area contributed by atoms with Crippen LogP contribution < -0.4 is 4.74 Å². The van der Waals surface area contributed by atoms with Crippen LogP contribution >= 0.6 is 12.6 Å². The average Bonchev–Trinajstić information content (AvgIpc) is 2.37. The van der Waals surface area contributed by atoms with E-state index in [1.165, 1.54) is 0 Å². The maximum absolute atomic E-state index is 12.1. The van der Waals surface area contributed by atoms with E-state index in [1.807, 2.05) is 38.1 Å². The standard InChI is InChI=1S/C14H21NO2S/c1-10(2)13(18)14(16)15(3)9-11-7-5-6-8-12(11)17-4/h5-8,10,13,18H,9H2,1-4H3. The molecule has 0 fully saturated rings. The first-order valence-corrected chi connectivity index (χ1v) is 6.54. The minimum atomic E-state index is -0.260. The Hall–Kier alpha value is -1.16. The van der Waals surface area contributed by atoms with Gasteiger partial charge in [-0.25, -0.2) is 0 Å². The number of para-hydroxylation sites is 1. The first kappa shape index (κ1) is 14.9. The number of amides is 1. The molecule has 0 aliphatic carbocycles. The molecule has 0 aliphatic rings. The number of ether oxygens (including phenoxy) is 1. The second-order valence-corrected chi connectivity index (χ2v) is 5.25. The highest BCUT2D eigenvalue weighted by Crippen LogP contribution is 2.20. The van der Waals surface area contributed by atoms with Crippen LogP contribution in [0.4, 0.5) is 0 Å². The van der Waals surface area contributed by atoms with Crippen LogP contribution in [0.3, 0.4) is 0 Å². The number of benzene rings is 1. The van der Waals surface area contributed by atoms with Gasteiger partial charge in [0.15, 0.2) is 0 Å². The molecule has 0 bridgehead atoms. The topological polar surface area (TPSA) is 29.5 Å². The van der Waals surface area contributed by atoms with Crippen molar-refractivity contribution >= 4 is 18.5 Å². The van der Waals surface area contributed by atoms with E-state index in [9.17, 15) is 4.79 Å². The second-order valence-electron chi connectivity index (χ2n) is 4.70. The van der Waals surface area contributed by atoms with Crippen LogP contribution in [-0.4, -0.2) is 30.2 Å². The maximum Gasteiger partial charge on any atom is 0.235 e. The Labute approximate surface area is 115 Å². The third kappa shape index (κ3) is 3.67. The van der Waals surface area contributed by atoms with Crippen LogP contribution in [0.25, 0.3) is 0 Å². The summed E-state index contributed by atoms with van der Waals surface area (Å²) in [5, 5.41) is -0.260. The summed E-state index contributed by atoms with van der Waals surface area (Å²) >= 11 is 4.35. The number of hydrogen-bond donors (Lipinski definition) is 1. The number of thiol groups is 1. The van der Waals surface area contributed by atoms with E-state index in [2.05, 4.69) is 12.6 Å². The van der Waals surface area contributed by atoms with Crippen molar-refractivity contribution in [1.29, 1.82) is 0 Å². The molecule has 1 aromatic carbocycles. The van der Waals surface area contributed by atoms with Gasteiger partial charge in [0.2, 0.25) is 5.91 Å². The number of nitrogens with zero attached hydrogens (tertiary/aromatic N) is 1. The third-order valence-electron chi connectivity index (χ3n) is 2.86. The lowest BCUT2D eigenvalue weighted by molar-refractivity contribution is -0.130. The molecule has 0 radical (unpaired) electrons. The second kappa shape index (κ2) is 6.69. The maximum atomic E-state index is 12.1. The van der Waals surface area contributed by atoms with Crippen LogP contribution in [0.2, 0.25) is 0 Å². The normalized spacial score (nSPS) is 12.3. The Morgan fingerprint density at radius 2 is 2.00 bits per heavy atom. The molecule has 100 valence electrons. The highest BCUT2D eigenvalue weighted by molar-refractivity contribution is 7.81. The predicted octanol–water partition coefficient (Wildman–Crippen LogP) is 2.61. The summed E-state index contributed by atoms with van der Waals surface area (Å²) in [6, 6.07) is 7.72. The summed E-state index contributed by atoms with van der Waals surface area (Å²) in [5.41, 5.74) is 1.00. The Morgan fingerprint density at radius 3 is 2.56 bits per heavy atom. The Kier molecular flexibility index (Phi) is 5.54. The number of hydrogen-bond acceptors (Lipinski definition) is 3. The van der Waals surface area contributed by atoms with Crippen LogP contribution in [0, 0.1) is 5.92 Å². The van der Waals surface area contributed by atoms with Gasteiger partial charge in [0.25, 0.3) is 0 Å². The van der Waals surface area contributed by atoms with Gasteiger partial charge in [-0.2, -0.15) is 12.6 Å². The molecule has 0 N–H and O–H groups in total. The van der Waals surface area contributed by atoms with Crippen LogP contribution in [0.1, 0.15) is 19.4 Å². The summed E-state index contributed by atoms with van der Waals surface area (Å²) in [6.45, 7) is 4.52. The highest BCUT2D eigenvalue weighted by atomic mass is 32.1. The summed E-state index contributed by atoms with van der Waals surface area (Å²) in [5.74, 6) is 1.07. The predicted molar refractivity (Wildman–Crippen MR) is 77.1 cm³/mol. The van der Waals surface area contributed by atoms with Crippen molar-refractivity contribution in [2.24, 2.45) is 5.92 Å². The van der Waals surface area contributed by atoms with Crippen molar-refractivity contribution < 1.29 is 9.53 Å². The molecule has 0 heterocycles. The Morgan fingerprint density at radius 1 is 1.39 bits per heavy atom. The fourth-order valence-corrected chi connectivity index (χ4v) is 1.88. The summed E-state index contributed by atoms with van der Waals surface area (Å²) in [4.78, 5) is 13.8. The molecule has 0 spiro atoms. The van der Waals surface area contributed by atoms with Gasteiger partial charge < -0.3 is 9.64 Å². The third-order valence-corrected chi connectivity index (χ3v) is 3.68. The minimum Gasteiger partial charge on any atom is -0.496 e. The molecule has 1 atom stereocenters. The van der Waals surface area contributed by atoms with E-state index in [1.54, 1.807) is 19.1 Å². The van der Waals surface area contributed by atoms with Gasteiger partial charge in [0, 0.05) is 19.2 Å². The monoisotopic (exact) mass is 267 g/mol. The van der Waals surface area contributed by atoms with Crippen molar-refractivity contribution in [3.05, 3.63) is 29.8 Å². The van der Waals surface area contributed by atoms with Crippen molar-refractivity contribution in [3.63, 3.8) is 0 Å². The van der Waals surface area contributed by atoms with Gasteiger partial charge in [-0.15, -0.1) is 0 Å². The van der Waals surface area contributed by atoms with Crippen molar-refractivity contribution in [2.75, 3.05) is 14.2 Å². The average molecular weight is 267 g/mol. The molecule has 0 aliphatic heterocycles. The quantitative estimate of drug-likeness (QED) is 0.831. The van der Waals surface area contributed by atoms with Gasteiger partial charge in [-0.3, -0.25) is 4.79 Å². The van der Waals surface area contributed by atoms with E-state index >= 15 is 0 Å². The first-order valence-electron chi connectivity index (χ1n) is 6.02. The molecular formula is C14H21NO2S. The van der Waals surface area contributed by atoms with Crippen LogP contribution in [0.15, 0.2) is 24.3 Å². The molecule has 1 amide bonds. The Balaban J connectivity index is 2.75. The van der Waals surface area contributed by atoms with Gasteiger partial charge in [0.05, 0.1) is 12.4 Å². The lowest BCUT2D eigenvalue weighted by Gasteiger charge is -2.23. The fraction of sp³-hybridized carbons (Fsp3) is 0.500. The number of carbonyl (C=O) groups is 1. The summed E-state index contributed by atoms with van der Waals surface area (Å²) in [6.07, 6.45) is 0. The molecule has 1 rings (SSSR count). The molecule has 18 heavy (non-hydrogen) atoms. The lowest BCUT2D eigenvalue weighted by atomic mass is 10.1. The summed E-state index contributed by atoms with van der Waals surface area (Å²) in [7, 11) is 3.43. The van der Waals surface area contributed by atoms with E-state index in [4.69, 9.17) is 4.74 Å². The zero-order valence-corrected chi connectivity index (χ0v) is 12.3. The Bertz CT molecular complexity index is 407. The molecule has 4 heteroatoms. The number of rotatable bonds is 5. The summed E-state index contributed by atoms with van der Waals surface area (Å²) < 4.78 is 5.28. The SMILES string of the molecule is COc1ccccc1CN(C)C(=O)C(S)C(C)C. The van der Waals surface area contributed by atoms with E-state index in [0.29, 0.717) is 6.54 Å². The minimum absolute atomic E-state index is 0.0410. The van der Waals surface area contributed by atoms with Gasteiger partial charge >= 0.3 is 0 Å². The molecule has 0 aromatic heterocycles. The van der Waals surface area contributed by atoms with Crippen molar-refractivity contribution in [3.8, 4) is 5.75 Å². The van der Waals surface area contributed by atoms with E-state index in [-0.39, 0.29) is 17.1 Å². The zero-order chi connectivity index (χ0) is 13.7. The largest absolute Gasteiger partial charge is 0.496 e. The number of carbonyl (C=O) groups excluding carboxylic acids is 1. The molecule has 1 unspecified atom stereocenters.